The second-order valence-electron chi connectivity index (χ2n) is 4.78. The number of rotatable bonds is 7. The molecule has 0 bridgehead atoms. The lowest BCUT2D eigenvalue weighted by Gasteiger charge is -2.18. The first-order valence-electron chi connectivity index (χ1n) is 6.37. The predicted molar refractivity (Wildman–Crippen MR) is 72.9 cm³/mol. The number of carbonyl (C=O) groups is 1. The van der Waals surface area contributed by atoms with E-state index in [1.54, 1.807) is 5.43 Å². The lowest BCUT2D eigenvalue weighted by molar-refractivity contribution is -0.525. The molecule has 1 fully saturated rings. The third kappa shape index (κ3) is 4.97. The van der Waals surface area contributed by atoms with E-state index in [9.17, 15) is 14.9 Å². The van der Waals surface area contributed by atoms with Crippen LogP contribution in [0.3, 0.4) is 0 Å². The highest BCUT2D eigenvalue weighted by molar-refractivity contribution is 5.77. The number of carbonyl (C=O) groups excluding carboxylic acids is 1. The fourth-order valence-corrected chi connectivity index (χ4v) is 2.42. The Morgan fingerprint density at radius 3 is 2.80 bits per heavy atom. The van der Waals surface area contributed by atoms with Gasteiger partial charge < -0.3 is 22.5 Å². The van der Waals surface area contributed by atoms with Crippen molar-refractivity contribution in [3.05, 3.63) is 10.1 Å². The van der Waals surface area contributed by atoms with Crippen molar-refractivity contribution in [3.8, 4) is 0 Å². The summed E-state index contributed by atoms with van der Waals surface area (Å²) in [7, 11) is 0. The van der Waals surface area contributed by atoms with Gasteiger partial charge >= 0.3 is 0 Å². The van der Waals surface area contributed by atoms with Crippen molar-refractivity contribution in [2.24, 2.45) is 34.0 Å². The first-order chi connectivity index (χ1) is 9.43. The maximum absolute atomic E-state index is 11.4. The number of primary amides is 1. The van der Waals surface area contributed by atoms with Gasteiger partial charge in [-0.25, -0.2) is 15.1 Å². The minimum Gasteiger partial charge on any atom is -0.369 e. The van der Waals surface area contributed by atoms with Gasteiger partial charge in [0.05, 0.1) is 6.54 Å². The van der Waals surface area contributed by atoms with E-state index in [-0.39, 0.29) is 29.7 Å². The average Bonchev–Trinajstić information content (AvgIpc) is 2.80. The third-order valence-corrected chi connectivity index (χ3v) is 3.36. The van der Waals surface area contributed by atoms with Crippen molar-refractivity contribution in [2.75, 3.05) is 19.6 Å². The molecule has 10 heteroatoms. The van der Waals surface area contributed by atoms with Crippen LogP contribution in [0.25, 0.3) is 0 Å². The molecule has 0 aliphatic carbocycles. The molecular weight excluding hydrogens is 266 g/mol. The number of amides is 1. The fraction of sp³-hybridized carbons (Fsp3) is 0.800. The van der Waals surface area contributed by atoms with E-state index in [4.69, 9.17) is 17.2 Å². The SMILES string of the molecule is NCCC(C(N)=O)C1CNC(CN=C(N)N[N+](=O)[O-])C1. The average molecular weight is 287 g/mol. The Labute approximate surface area is 116 Å². The second-order valence-corrected chi connectivity index (χ2v) is 4.78. The Morgan fingerprint density at radius 2 is 2.25 bits per heavy atom. The van der Waals surface area contributed by atoms with Gasteiger partial charge in [-0.05, 0) is 31.8 Å². The Balaban J connectivity index is 2.46. The number of nitro groups is 1. The van der Waals surface area contributed by atoms with E-state index in [0.29, 0.717) is 32.5 Å². The van der Waals surface area contributed by atoms with Gasteiger partial charge in [0.15, 0.2) is 5.03 Å². The molecule has 3 unspecified atom stereocenters. The summed E-state index contributed by atoms with van der Waals surface area (Å²) >= 11 is 0. The Kier molecular flexibility index (Phi) is 6.12. The van der Waals surface area contributed by atoms with Gasteiger partial charge in [0.2, 0.25) is 5.91 Å². The smallest absolute Gasteiger partial charge is 0.251 e. The van der Waals surface area contributed by atoms with E-state index in [1.165, 1.54) is 0 Å². The molecule has 0 saturated carbocycles. The first kappa shape index (κ1) is 16.1. The summed E-state index contributed by atoms with van der Waals surface area (Å²) in [5, 5.41) is 12.6. The predicted octanol–water partition coefficient (Wildman–Crippen LogP) is -2.49. The van der Waals surface area contributed by atoms with Gasteiger partial charge in [-0.2, -0.15) is 0 Å². The van der Waals surface area contributed by atoms with E-state index >= 15 is 0 Å². The number of hydrogen-bond donors (Lipinski definition) is 5. The molecule has 10 nitrogen and oxygen atoms in total. The number of guanidine groups is 1. The highest BCUT2D eigenvalue weighted by Crippen LogP contribution is 2.25. The van der Waals surface area contributed by atoms with E-state index in [0.717, 1.165) is 0 Å². The van der Waals surface area contributed by atoms with Crippen LogP contribution in [-0.4, -0.2) is 42.6 Å². The Bertz CT molecular complexity index is 387. The van der Waals surface area contributed by atoms with Crippen LogP contribution in [-0.2, 0) is 4.79 Å². The zero-order chi connectivity index (χ0) is 15.1. The van der Waals surface area contributed by atoms with Crippen molar-refractivity contribution in [3.63, 3.8) is 0 Å². The molecule has 1 rings (SSSR count). The summed E-state index contributed by atoms with van der Waals surface area (Å²) in [5.41, 5.74) is 17.9. The fourth-order valence-electron chi connectivity index (χ4n) is 2.42. The van der Waals surface area contributed by atoms with Gasteiger partial charge in [-0.3, -0.25) is 4.79 Å². The third-order valence-electron chi connectivity index (χ3n) is 3.36. The lowest BCUT2D eigenvalue weighted by atomic mass is 9.87. The molecular formula is C10H21N7O3. The Morgan fingerprint density at radius 1 is 1.55 bits per heavy atom. The van der Waals surface area contributed by atoms with Crippen LogP contribution in [0.5, 0.6) is 0 Å². The largest absolute Gasteiger partial charge is 0.369 e. The van der Waals surface area contributed by atoms with Gasteiger partial charge in [-0.1, -0.05) is 5.43 Å². The number of nitrogens with zero attached hydrogens (tertiary/aromatic N) is 2. The molecule has 8 N–H and O–H groups in total. The van der Waals surface area contributed by atoms with Crippen LogP contribution in [0.2, 0.25) is 0 Å². The zero-order valence-electron chi connectivity index (χ0n) is 11.1. The molecule has 0 spiro atoms. The number of nitrogens with two attached hydrogens (primary N) is 3. The van der Waals surface area contributed by atoms with Crippen LogP contribution < -0.4 is 27.9 Å². The molecule has 3 atom stereocenters. The van der Waals surface area contributed by atoms with E-state index < -0.39 is 5.03 Å². The summed E-state index contributed by atoms with van der Waals surface area (Å²) in [6, 6.07) is 0.0201. The summed E-state index contributed by atoms with van der Waals surface area (Å²) in [6.45, 7) is 1.36. The van der Waals surface area contributed by atoms with Crippen molar-refractivity contribution in [2.45, 2.75) is 18.9 Å². The molecule has 1 amide bonds. The van der Waals surface area contributed by atoms with Gasteiger partial charge in [-0.15, -0.1) is 0 Å². The minimum atomic E-state index is -0.770. The molecule has 20 heavy (non-hydrogen) atoms. The van der Waals surface area contributed by atoms with Gasteiger partial charge in [0.25, 0.3) is 5.96 Å². The monoisotopic (exact) mass is 287 g/mol. The van der Waals surface area contributed by atoms with E-state index in [2.05, 4.69) is 10.3 Å². The van der Waals surface area contributed by atoms with Crippen molar-refractivity contribution in [1.82, 2.24) is 10.7 Å². The molecule has 1 aliphatic heterocycles. The highest BCUT2D eigenvalue weighted by atomic mass is 16.7. The number of nitrogens with one attached hydrogen (secondary N) is 2. The summed E-state index contributed by atoms with van der Waals surface area (Å²) < 4.78 is 0. The molecule has 1 saturated heterocycles. The first-order valence-corrected chi connectivity index (χ1v) is 6.37. The zero-order valence-corrected chi connectivity index (χ0v) is 11.1. The minimum absolute atomic E-state index is 0.0201. The molecule has 0 aromatic carbocycles. The summed E-state index contributed by atoms with van der Waals surface area (Å²) in [5.74, 6) is -0.730. The molecule has 0 aromatic rings. The van der Waals surface area contributed by atoms with Crippen molar-refractivity contribution >= 4 is 11.9 Å². The summed E-state index contributed by atoms with van der Waals surface area (Å²) in [6.07, 6.45) is 1.27. The van der Waals surface area contributed by atoms with Crippen LogP contribution in [0.15, 0.2) is 4.99 Å². The Hall–Kier alpha value is -1.94. The molecule has 0 radical (unpaired) electrons. The van der Waals surface area contributed by atoms with Crippen LogP contribution in [0, 0.1) is 22.0 Å². The van der Waals surface area contributed by atoms with Crippen LogP contribution >= 0.6 is 0 Å². The summed E-state index contributed by atoms with van der Waals surface area (Å²) in [4.78, 5) is 25.4. The topological polar surface area (TPSA) is 175 Å². The molecule has 0 aromatic heterocycles. The van der Waals surface area contributed by atoms with Gasteiger partial charge in [0.1, 0.15) is 0 Å². The normalized spacial score (nSPS) is 24.4. The van der Waals surface area contributed by atoms with Gasteiger partial charge in [0, 0.05) is 12.0 Å². The number of hydrazine groups is 1. The maximum atomic E-state index is 11.4. The van der Waals surface area contributed by atoms with Crippen molar-refractivity contribution in [1.29, 1.82) is 0 Å². The molecule has 1 heterocycles. The molecule has 1 aliphatic rings. The van der Waals surface area contributed by atoms with E-state index in [1.807, 2.05) is 0 Å². The number of hydrogen-bond acceptors (Lipinski definition) is 6. The van der Waals surface area contributed by atoms with Crippen LogP contribution in [0.1, 0.15) is 12.8 Å². The quantitative estimate of drug-likeness (QED) is 0.149. The van der Waals surface area contributed by atoms with Crippen LogP contribution in [0.4, 0.5) is 0 Å². The maximum Gasteiger partial charge on any atom is 0.251 e. The highest BCUT2D eigenvalue weighted by Gasteiger charge is 2.32. The standard InChI is InChI=1S/C10H21N7O3/c11-2-1-8(9(12)18)6-3-7(14-4-6)5-15-10(13)16-17(19)20/h6-8,14H,1-5,11H2,(H2,12,18)(H3,13,15,16). The molecule has 114 valence electrons. The van der Waals surface area contributed by atoms with Crippen molar-refractivity contribution < 1.29 is 9.83 Å². The lowest BCUT2D eigenvalue weighted by Crippen LogP contribution is -2.37. The number of aliphatic imine (C=N–C) groups is 1. The second kappa shape index (κ2) is 7.60.